The van der Waals surface area contributed by atoms with Gasteiger partial charge < -0.3 is 39.2 Å². The van der Waals surface area contributed by atoms with E-state index in [4.69, 9.17) is 18.9 Å². The fourth-order valence-corrected chi connectivity index (χ4v) is 6.13. The molecule has 3 aromatic rings. The van der Waals surface area contributed by atoms with Gasteiger partial charge in [-0.15, -0.1) is 5.10 Å². The van der Waals surface area contributed by atoms with Gasteiger partial charge in [0.15, 0.2) is 0 Å². The highest BCUT2D eigenvalue weighted by Crippen LogP contribution is 2.35. The Kier molecular flexibility index (Phi) is 16.4. The molecule has 0 aliphatic rings. The van der Waals surface area contributed by atoms with Gasteiger partial charge in [0, 0.05) is 36.7 Å². The van der Waals surface area contributed by atoms with Crippen molar-refractivity contribution >= 4 is 30.0 Å². The lowest BCUT2D eigenvalue weighted by atomic mass is 9.92. The molecule has 20 heteroatoms. The van der Waals surface area contributed by atoms with E-state index in [0.29, 0.717) is 22.6 Å². The monoisotopic (exact) mass is 877 g/mol. The molecule has 3 atom stereocenters. The number of nitrogens with one attached hydrogen (secondary N) is 3. The van der Waals surface area contributed by atoms with Crippen LogP contribution in [-0.2, 0) is 54.5 Å². The number of benzene rings is 2. The summed E-state index contributed by atoms with van der Waals surface area (Å²) in [5.41, 5.74) is -6.45. The Balaban J connectivity index is 1.97. The molecular weight excluding hydrogens is 819 g/mol. The maximum absolute atomic E-state index is 14.8. The predicted octanol–water partition coefficient (Wildman–Crippen LogP) is 5.28. The third-order valence-corrected chi connectivity index (χ3v) is 9.19. The molecule has 1 unspecified atom stereocenters. The summed E-state index contributed by atoms with van der Waals surface area (Å²) in [6, 6.07) is 11.9. The zero-order valence-electron chi connectivity index (χ0n) is 37.2. The summed E-state index contributed by atoms with van der Waals surface area (Å²) >= 11 is 0. The van der Waals surface area contributed by atoms with Gasteiger partial charge in [-0.1, -0.05) is 35.5 Å². The highest BCUT2D eigenvalue weighted by Gasteiger charge is 2.63. The van der Waals surface area contributed by atoms with E-state index < -0.39 is 76.9 Å². The number of aromatic nitrogens is 3. The number of carbonyl (C=O) groups is 5. The molecule has 0 saturated heterocycles. The lowest BCUT2D eigenvalue weighted by Gasteiger charge is -2.40. The lowest BCUT2D eigenvalue weighted by Crippen LogP contribution is -2.66. The second-order valence-electron chi connectivity index (χ2n) is 17.1. The van der Waals surface area contributed by atoms with Gasteiger partial charge in [-0.25, -0.2) is 14.4 Å². The molecule has 342 valence electrons. The summed E-state index contributed by atoms with van der Waals surface area (Å²) in [6.45, 7) is 13.7. The first-order valence-corrected chi connectivity index (χ1v) is 19.6. The molecule has 2 aromatic carbocycles. The fourth-order valence-electron chi connectivity index (χ4n) is 6.13. The van der Waals surface area contributed by atoms with Crippen molar-refractivity contribution in [1.82, 2.24) is 35.8 Å². The van der Waals surface area contributed by atoms with Crippen LogP contribution in [0, 0.1) is 0 Å². The van der Waals surface area contributed by atoms with Crippen LogP contribution >= 0.6 is 0 Å². The summed E-state index contributed by atoms with van der Waals surface area (Å²) < 4.78 is 71.0. The van der Waals surface area contributed by atoms with E-state index >= 15 is 0 Å². The number of nitrogens with zero attached hydrogens (tertiary/aromatic N) is 4. The molecule has 0 bridgehead atoms. The Labute approximate surface area is 359 Å². The van der Waals surface area contributed by atoms with E-state index in [9.17, 15) is 37.1 Å². The lowest BCUT2D eigenvalue weighted by molar-refractivity contribution is -0.211. The smallest absolute Gasteiger partial charge is 0.422 e. The Morgan fingerprint density at radius 3 is 1.98 bits per heavy atom. The minimum absolute atomic E-state index is 0.0385. The molecule has 0 spiro atoms. The average molecular weight is 878 g/mol. The Morgan fingerprint density at radius 2 is 1.44 bits per heavy atom. The number of esters is 1. The van der Waals surface area contributed by atoms with Gasteiger partial charge in [0.05, 0.1) is 40.1 Å². The minimum Gasteiger partial charge on any atom is -0.497 e. The Hall–Kier alpha value is -6.08. The average Bonchev–Trinajstić information content (AvgIpc) is 3.59. The summed E-state index contributed by atoms with van der Waals surface area (Å²) in [6.07, 6.45) is -7.78. The zero-order valence-corrected chi connectivity index (χ0v) is 37.2. The van der Waals surface area contributed by atoms with Crippen LogP contribution in [0.15, 0.2) is 54.7 Å². The van der Waals surface area contributed by atoms with Gasteiger partial charge in [0.1, 0.15) is 34.3 Å². The molecule has 0 fully saturated rings. The molecular formula is C42H58F3N7O10. The topological polar surface area (TPSA) is 202 Å². The van der Waals surface area contributed by atoms with Crippen molar-refractivity contribution in [3.05, 3.63) is 71.5 Å². The highest BCUT2D eigenvalue weighted by atomic mass is 19.4. The van der Waals surface area contributed by atoms with Crippen molar-refractivity contribution in [1.29, 1.82) is 0 Å². The fraction of sp³-hybridized carbons (Fsp3) is 0.548. The van der Waals surface area contributed by atoms with Gasteiger partial charge in [-0.2, -0.15) is 13.2 Å². The van der Waals surface area contributed by atoms with E-state index in [1.54, 1.807) is 81.5 Å². The molecule has 4 amide bonds. The number of alkyl carbamates (subject to hydrolysis) is 2. The first-order chi connectivity index (χ1) is 28.6. The quantitative estimate of drug-likeness (QED) is 0.117. The van der Waals surface area contributed by atoms with E-state index in [1.165, 1.54) is 53.7 Å². The number of halogens is 3. The van der Waals surface area contributed by atoms with Crippen LogP contribution in [0.5, 0.6) is 11.5 Å². The second kappa shape index (κ2) is 20.2. The summed E-state index contributed by atoms with van der Waals surface area (Å²) in [5.74, 6) is -2.26. The minimum atomic E-state index is -5.37. The van der Waals surface area contributed by atoms with Crippen molar-refractivity contribution in [2.45, 2.75) is 129 Å². The zero-order chi connectivity index (χ0) is 46.8. The van der Waals surface area contributed by atoms with Crippen molar-refractivity contribution in [2.75, 3.05) is 21.3 Å². The molecule has 1 heterocycles. The standard InChI is InChI=1S/C42H58F3N7O10/c1-26(23-51-25-29(49-50-51)22-41(35(55)60-12,42(43,44)45)48-37(57)62-39(5,6)7)46-34(54)40(8,9)52(24-28-18-19-30(58-10)21-32(28)59-11)33(53)31(20-27-16-14-13-15-17-27)47-36(56)61-38(2,3)4/h13-19,21,25-26,31H,20,22-24H2,1-12H3,(H,46,54)(H,47,56)(H,48,57)/t26-,31-,41?/m0/s1. The molecule has 0 saturated carbocycles. The van der Waals surface area contributed by atoms with Gasteiger partial charge in [-0.05, 0) is 80.0 Å². The highest BCUT2D eigenvalue weighted by molar-refractivity contribution is 5.94. The number of ether oxygens (including phenoxy) is 5. The summed E-state index contributed by atoms with van der Waals surface area (Å²) in [4.78, 5) is 68.9. The number of rotatable bonds is 17. The van der Waals surface area contributed by atoms with Crippen LogP contribution in [0.25, 0.3) is 0 Å². The first kappa shape index (κ1) is 50.3. The van der Waals surface area contributed by atoms with Crippen molar-refractivity contribution in [3.63, 3.8) is 0 Å². The van der Waals surface area contributed by atoms with E-state index in [-0.39, 0.29) is 25.2 Å². The van der Waals surface area contributed by atoms with Gasteiger partial charge in [0.2, 0.25) is 17.4 Å². The van der Waals surface area contributed by atoms with E-state index in [1.807, 2.05) is 0 Å². The second-order valence-corrected chi connectivity index (χ2v) is 17.1. The number of hydrogen-bond donors (Lipinski definition) is 3. The molecule has 1 aromatic heterocycles. The van der Waals surface area contributed by atoms with Crippen LogP contribution in [0.2, 0.25) is 0 Å². The number of alkyl halides is 3. The van der Waals surface area contributed by atoms with Crippen LogP contribution in [0.1, 0.15) is 79.1 Å². The van der Waals surface area contributed by atoms with Gasteiger partial charge in [0.25, 0.3) is 0 Å². The maximum Gasteiger partial charge on any atom is 0.422 e. The van der Waals surface area contributed by atoms with E-state index in [2.05, 4.69) is 25.7 Å². The first-order valence-electron chi connectivity index (χ1n) is 19.6. The van der Waals surface area contributed by atoms with Gasteiger partial charge >= 0.3 is 24.3 Å². The van der Waals surface area contributed by atoms with Crippen LogP contribution in [-0.4, -0.2) is 112 Å². The third kappa shape index (κ3) is 13.7. The normalized spacial score (nSPS) is 14.0. The molecule has 0 radical (unpaired) electrons. The van der Waals surface area contributed by atoms with Gasteiger partial charge in [-0.3, -0.25) is 19.6 Å². The van der Waals surface area contributed by atoms with Crippen molar-refractivity contribution < 1.29 is 60.8 Å². The predicted molar refractivity (Wildman–Crippen MR) is 219 cm³/mol. The Morgan fingerprint density at radius 1 is 0.823 bits per heavy atom. The number of amides is 4. The van der Waals surface area contributed by atoms with Crippen LogP contribution < -0.4 is 25.4 Å². The molecule has 0 aliphatic carbocycles. The summed E-state index contributed by atoms with van der Waals surface area (Å²) in [5, 5.41) is 14.9. The molecule has 0 aliphatic heterocycles. The van der Waals surface area contributed by atoms with Crippen molar-refractivity contribution in [2.24, 2.45) is 0 Å². The molecule has 3 N–H and O–H groups in total. The van der Waals surface area contributed by atoms with E-state index in [0.717, 1.165) is 18.0 Å². The molecule has 62 heavy (non-hydrogen) atoms. The van der Waals surface area contributed by atoms with Crippen molar-refractivity contribution in [3.8, 4) is 11.5 Å². The summed E-state index contributed by atoms with van der Waals surface area (Å²) in [7, 11) is 3.67. The number of methoxy groups -OCH3 is 3. The molecule has 3 rings (SSSR count). The maximum atomic E-state index is 14.8. The Bertz CT molecular complexity index is 2030. The molecule has 17 nitrogen and oxygen atoms in total. The van der Waals surface area contributed by atoms with Crippen LogP contribution in [0.4, 0.5) is 22.8 Å². The van der Waals surface area contributed by atoms with Crippen LogP contribution in [0.3, 0.4) is 0 Å². The SMILES string of the molecule is COC(=O)C(Cc1cn(C[C@H](C)NC(=O)C(C)(C)N(Cc2ccc(OC)cc2OC)C(=O)[C@H](Cc2ccccc2)NC(=O)OC(C)(C)C)nn1)(NC(=O)OC(C)(C)C)C(F)(F)F. The third-order valence-electron chi connectivity index (χ3n) is 9.19. The number of hydrogen-bond acceptors (Lipinski definition) is 12. The largest absolute Gasteiger partial charge is 0.497 e. The number of carbonyl (C=O) groups excluding carboxylic acids is 5.